The van der Waals surface area contributed by atoms with Crippen molar-refractivity contribution in [3.05, 3.63) is 149 Å². The number of fused-ring (bicyclic) bond motifs is 5. The van der Waals surface area contributed by atoms with E-state index < -0.39 is 8.80 Å². The highest BCUT2D eigenvalue weighted by molar-refractivity contribution is 14.1. The molecule has 0 radical (unpaired) electrons. The first-order chi connectivity index (χ1) is 31.3. The van der Waals surface area contributed by atoms with Gasteiger partial charge in [-0.15, -0.1) is 0 Å². The number of benzene rings is 2. The Morgan fingerprint density at radius 3 is 2.28 bits per heavy atom. The van der Waals surface area contributed by atoms with E-state index in [1.807, 2.05) is 52.0 Å². The van der Waals surface area contributed by atoms with Crippen LogP contribution in [0.15, 0.2) is 155 Å². The Balaban J connectivity index is 1.14. The minimum absolute atomic E-state index is 0.00299. The number of allylic oxidation sites excluding steroid dienone is 11. The quantitative estimate of drug-likeness (QED) is 0.113. The fourth-order valence-electron chi connectivity index (χ4n) is 9.78. The van der Waals surface area contributed by atoms with Gasteiger partial charge < -0.3 is 33.8 Å². The Kier molecular flexibility index (Phi) is 14.1. The number of anilines is 1. The largest absolute Gasteiger partial charge is 0.537 e. The summed E-state index contributed by atoms with van der Waals surface area (Å²) in [6.07, 6.45) is 8.09. The van der Waals surface area contributed by atoms with Crippen molar-refractivity contribution in [1.82, 2.24) is 5.32 Å². The summed E-state index contributed by atoms with van der Waals surface area (Å²) in [5.41, 5.74) is 15.8. The van der Waals surface area contributed by atoms with Crippen LogP contribution in [0.2, 0.25) is 0 Å². The molecule has 0 aromatic heterocycles. The zero-order valence-electron chi connectivity index (χ0n) is 38.9. The number of nitrogens with zero attached hydrogens (tertiary/aromatic N) is 3. The molecule has 11 nitrogen and oxygen atoms in total. The number of aliphatic imine (C=N–C) groups is 3. The van der Waals surface area contributed by atoms with Crippen molar-refractivity contribution in [2.75, 3.05) is 25.1 Å². The third kappa shape index (κ3) is 9.20. The number of rotatable bonds is 16. The normalized spacial score (nSPS) is 20.9. The summed E-state index contributed by atoms with van der Waals surface area (Å²) >= 11 is 2.34. The van der Waals surface area contributed by atoms with Gasteiger partial charge in [-0.3, -0.25) is 4.79 Å². The maximum Gasteiger partial charge on any atom is 0.537 e. The van der Waals surface area contributed by atoms with E-state index in [9.17, 15) is 9.90 Å². The van der Waals surface area contributed by atoms with E-state index >= 15 is 0 Å². The molecule has 3 N–H and O–H groups in total. The van der Waals surface area contributed by atoms with Crippen LogP contribution in [0.4, 0.5) is 5.69 Å². The van der Waals surface area contributed by atoms with Gasteiger partial charge in [0, 0.05) is 87.1 Å². The molecule has 5 aliphatic heterocycles. The molecule has 1 unspecified atom stereocenters. The number of amides is 1. The van der Waals surface area contributed by atoms with Gasteiger partial charge in [0.25, 0.3) is 0 Å². The maximum absolute atomic E-state index is 13.8. The van der Waals surface area contributed by atoms with E-state index in [1.165, 1.54) is 3.57 Å². The first-order valence-electron chi connectivity index (χ1n) is 22.9. The SMILES string of the molecule is CCO[Si](OCC)(OCC)c1ccc(NC(=O)CC[C@@H]2C3=C4CC(O)=C5C4=NC(=C5C)C=C4N=C(C=C5N=C(C=C(N3)[C@H]2C)C(C)=C5C(C)OCc2cccc(I)c2)C(C)=C4CC)cc1. The summed E-state index contributed by atoms with van der Waals surface area (Å²) in [6.45, 7) is 20.4. The molecular weight excluding hydrogens is 946 g/mol. The molecule has 2 aromatic carbocycles. The number of halogens is 1. The molecule has 2 aromatic rings. The molecule has 8 bridgehead atoms. The van der Waals surface area contributed by atoms with Crippen LogP contribution in [0.5, 0.6) is 0 Å². The Hall–Kier alpha value is -4.77. The third-order valence-electron chi connectivity index (χ3n) is 13.1. The van der Waals surface area contributed by atoms with Crippen molar-refractivity contribution in [2.45, 2.75) is 101 Å². The van der Waals surface area contributed by atoms with E-state index in [2.05, 4.69) is 110 Å². The lowest BCUT2D eigenvalue weighted by atomic mass is 9.86. The van der Waals surface area contributed by atoms with Crippen LogP contribution in [0.3, 0.4) is 0 Å². The second kappa shape index (κ2) is 19.6. The molecule has 1 aliphatic carbocycles. The highest BCUT2D eigenvalue weighted by Gasteiger charge is 2.44. The van der Waals surface area contributed by atoms with Gasteiger partial charge >= 0.3 is 8.80 Å². The lowest BCUT2D eigenvalue weighted by Crippen LogP contribution is -2.56. The second-order valence-electron chi connectivity index (χ2n) is 17.1. The van der Waals surface area contributed by atoms with Gasteiger partial charge in [0.05, 0.1) is 46.9 Å². The third-order valence-corrected chi connectivity index (χ3v) is 16.8. The first-order valence-corrected chi connectivity index (χ1v) is 25.7. The lowest BCUT2D eigenvalue weighted by molar-refractivity contribution is -0.116. The Labute approximate surface area is 398 Å². The summed E-state index contributed by atoms with van der Waals surface area (Å²) in [5.74, 6) is 0.151. The average molecular weight is 1010 g/mol. The maximum atomic E-state index is 13.8. The van der Waals surface area contributed by atoms with E-state index in [-0.39, 0.29) is 30.3 Å². The van der Waals surface area contributed by atoms with Crippen molar-refractivity contribution in [2.24, 2.45) is 26.8 Å². The van der Waals surface area contributed by atoms with Crippen molar-refractivity contribution < 1.29 is 27.9 Å². The van der Waals surface area contributed by atoms with Gasteiger partial charge in [-0.25, -0.2) is 15.0 Å². The molecule has 0 spiro atoms. The lowest BCUT2D eigenvalue weighted by Gasteiger charge is -2.28. The van der Waals surface area contributed by atoms with E-state index in [1.54, 1.807) is 0 Å². The molecule has 6 aliphatic rings. The van der Waals surface area contributed by atoms with Crippen LogP contribution in [-0.2, 0) is 29.4 Å². The second-order valence-corrected chi connectivity index (χ2v) is 20.9. The first kappa shape index (κ1) is 46.7. The molecule has 1 saturated heterocycles. The zero-order chi connectivity index (χ0) is 46.2. The Bertz CT molecular complexity index is 2640. The standard InChI is InChI=1S/C52H60IN5O6Si/c1-10-38-29(5)41-27-46-49(33(9)61-28-34-15-14-16-35(53)23-34)31(7)43(56-46)25-42-30(6)39(51(57-42)40-24-47(59)50-32(8)44(58-52(40)50)26-45(38)55-41)21-22-48(60)54-36-17-19-37(20-18-36)65(62-11-2,63-12-3)64-13-4/h14-20,23,25-27,30,33,39,57,59H,10-13,21-22,24,28H2,1-9H3,(H,54,60)/t30-,33?,39-/m0/s1. The number of carbonyl (C=O) groups excluding carboxylic acids is 1. The molecule has 13 heteroatoms. The average Bonchev–Trinajstić information content (AvgIpc) is 4.04. The van der Waals surface area contributed by atoms with Gasteiger partial charge in [-0.2, -0.15) is 0 Å². The molecule has 3 atom stereocenters. The highest BCUT2D eigenvalue weighted by atomic mass is 127. The molecular formula is C52H60IN5O6Si. The smallest absolute Gasteiger partial charge is 0.511 e. The van der Waals surface area contributed by atoms with Gasteiger partial charge in [0.2, 0.25) is 5.91 Å². The fraction of sp³-hybridized carbons (Fsp3) is 0.385. The minimum atomic E-state index is -3.09. The monoisotopic (exact) mass is 1010 g/mol. The number of nitrogens with one attached hydrogen (secondary N) is 2. The van der Waals surface area contributed by atoms with Crippen LogP contribution in [0, 0.1) is 15.4 Å². The molecule has 0 saturated carbocycles. The number of carbonyl (C=O) groups is 1. The van der Waals surface area contributed by atoms with Gasteiger partial charge in [-0.05, 0) is 154 Å². The Morgan fingerprint density at radius 1 is 0.908 bits per heavy atom. The number of aliphatic hydroxyl groups is 1. The summed E-state index contributed by atoms with van der Waals surface area (Å²) in [7, 11) is -3.09. The number of hydrogen-bond acceptors (Lipinski definition) is 10. The number of aliphatic hydroxyl groups excluding tert-OH is 1. The summed E-state index contributed by atoms with van der Waals surface area (Å²) in [6, 6.07) is 16.0. The highest BCUT2D eigenvalue weighted by Crippen LogP contribution is 2.46. The van der Waals surface area contributed by atoms with E-state index in [0.29, 0.717) is 50.7 Å². The van der Waals surface area contributed by atoms with Crippen LogP contribution < -0.4 is 15.8 Å². The van der Waals surface area contributed by atoms with Crippen LogP contribution in [0.25, 0.3) is 0 Å². The predicted molar refractivity (Wildman–Crippen MR) is 270 cm³/mol. The predicted octanol–water partition coefficient (Wildman–Crippen LogP) is 10.5. The zero-order valence-corrected chi connectivity index (χ0v) is 42.1. The van der Waals surface area contributed by atoms with Crippen molar-refractivity contribution >= 4 is 65.3 Å². The van der Waals surface area contributed by atoms with E-state index in [4.69, 9.17) is 33.0 Å². The van der Waals surface area contributed by atoms with Gasteiger partial charge in [0.1, 0.15) is 5.76 Å². The van der Waals surface area contributed by atoms with Gasteiger partial charge in [0.15, 0.2) is 0 Å². The van der Waals surface area contributed by atoms with Crippen molar-refractivity contribution in [3.63, 3.8) is 0 Å². The molecule has 8 rings (SSSR count). The molecule has 1 amide bonds. The van der Waals surface area contributed by atoms with Gasteiger partial charge in [-0.1, -0.05) is 38.1 Å². The van der Waals surface area contributed by atoms with Crippen LogP contribution in [0.1, 0.15) is 93.6 Å². The summed E-state index contributed by atoms with van der Waals surface area (Å²) < 4.78 is 26.1. The minimum Gasteiger partial charge on any atom is -0.511 e. The molecule has 65 heavy (non-hydrogen) atoms. The topological polar surface area (TPSA) is 135 Å². The van der Waals surface area contributed by atoms with Crippen LogP contribution >= 0.6 is 22.6 Å². The van der Waals surface area contributed by atoms with E-state index in [0.717, 1.165) is 102 Å². The number of hydrogen-bond donors (Lipinski definition) is 3. The number of ether oxygens (including phenoxy) is 1. The molecule has 1 fully saturated rings. The summed E-state index contributed by atoms with van der Waals surface area (Å²) in [4.78, 5) is 29.6. The molecule has 340 valence electrons. The van der Waals surface area contributed by atoms with Crippen molar-refractivity contribution in [3.8, 4) is 0 Å². The summed E-state index contributed by atoms with van der Waals surface area (Å²) in [5, 5.41) is 19.4. The Morgan fingerprint density at radius 2 is 1.60 bits per heavy atom. The van der Waals surface area contributed by atoms with Crippen molar-refractivity contribution in [1.29, 1.82) is 0 Å². The fourth-order valence-corrected chi connectivity index (χ4v) is 12.9. The van der Waals surface area contributed by atoms with Crippen LogP contribution in [-0.4, -0.2) is 62.9 Å². The molecule has 5 heterocycles.